The summed E-state index contributed by atoms with van der Waals surface area (Å²) in [6.45, 7) is 3.34. The molecule has 3 N–H and O–H groups in total. The van der Waals surface area contributed by atoms with Gasteiger partial charge in [-0.25, -0.2) is 15.0 Å². The smallest absolute Gasteiger partial charge is 0.240 e. The summed E-state index contributed by atoms with van der Waals surface area (Å²) in [4.78, 5) is 26.5. The number of anilines is 2. The standard InChI is InChI=1S/C16H23N7O2/c1-12-18-4-6-22(12)8-15(24)19-9-16(25)3-5-23(10-16)14-7-13(17-2)20-11-21-14/h4,6-7,11,25H,3,5,8-10H2,1-2H3,(H,19,24)(H,17,20,21). The van der Waals surface area contributed by atoms with Gasteiger partial charge in [0, 0.05) is 45.1 Å². The first-order valence-corrected chi connectivity index (χ1v) is 8.21. The number of aryl methyl sites for hydroxylation is 1. The quantitative estimate of drug-likeness (QED) is 0.664. The summed E-state index contributed by atoms with van der Waals surface area (Å²) in [5.74, 6) is 2.12. The van der Waals surface area contributed by atoms with E-state index < -0.39 is 5.60 Å². The molecule has 1 amide bonds. The van der Waals surface area contributed by atoms with Gasteiger partial charge in [-0.15, -0.1) is 0 Å². The van der Waals surface area contributed by atoms with E-state index in [1.54, 1.807) is 24.0 Å². The van der Waals surface area contributed by atoms with Gasteiger partial charge in [-0.2, -0.15) is 0 Å². The number of aromatic nitrogens is 4. The van der Waals surface area contributed by atoms with Crippen LogP contribution >= 0.6 is 0 Å². The molecule has 0 spiro atoms. The Morgan fingerprint density at radius 2 is 2.24 bits per heavy atom. The lowest BCUT2D eigenvalue weighted by atomic mass is 10.0. The normalized spacial score (nSPS) is 19.9. The zero-order valence-corrected chi connectivity index (χ0v) is 14.4. The number of nitrogens with one attached hydrogen (secondary N) is 2. The van der Waals surface area contributed by atoms with Crippen LogP contribution in [0.3, 0.4) is 0 Å². The average Bonchev–Trinajstić information content (AvgIpc) is 3.20. The van der Waals surface area contributed by atoms with Crippen molar-refractivity contribution >= 4 is 17.5 Å². The maximum atomic E-state index is 12.1. The monoisotopic (exact) mass is 345 g/mol. The Labute approximate surface area is 146 Å². The minimum Gasteiger partial charge on any atom is -0.386 e. The number of β-amino-alcohol motifs (C(OH)–C–C–N with tert-alkyl or cyclic N) is 1. The van der Waals surface area contributed by atoms with Crippen LogP contribution in [0.4, 0.5) is 11.6 Å². The molecule has 2 aromatic rings. The fourth-order valence-corrected chi connectivity index (χ4v) is 2.90. The van der Waals surface area contributed by atoms with Crippen molar-refractivity contribution in [1.29, 1.82) is 0 Å². The van der Waals surface area contributed by atoms with Crippen LogP contribution in [-0.4, -0.2) is 62.8 Å². The molecule has 0 saturated carbocycles. The zero-order chi connectivity index (χ0) is 17.9. The molecule has 0 aliphatic carbocycles. The van der Waals surface area contributed by atoms with E-state index in [9.17, 15) is 9.90 Å². The molecule has 1 saturated heterocycles. The summed E-state index contributed by atoms with van der Waals surface area (Å²) < 4.78 is 1.76. The van der Waals surface area contributed by atoms with Gasteiger partial charge in [-0.1, -0.05) is 0 Å². The van der Waals surface area contributed by atoms with E-state index in [1.807, 2.05) is 17.9 Å². The fraction of sp³-hybridized carbons (Fsp3) is 0.500. The first-order chi connectivity index (χ1) is 12.0. The molecule has 1 unspecified atom stereocenters. The van der Waals surface area contributed by atoms with Crippen molar-refractivity contribution in [2.75, 3.05) is 36.9 Å². The number of imidazole rings is 1. The van der Waals surface area contributed by atoms with Crippen molar-refractivity contribution in [2.24, 2.45) is 0 Å². The SMILES string of the molecule is CNc1cc(N2CCC(O)(CNC(=O)Cn3ccnc3C)C2)ncn1. The molecule has 3 rings (SSSR count). The summed E-state index contributed by atoms with van der Waals surface area (Å²) in [5, 5.41) is 16.5. The van der Waals surface area contributed by atoms with Gasteiger partial charge in [-0.05, 0) is 13.3 Å². The van der Waals surface area contributed by atoms with E-state index in [2.05, 4.69) is 25.6 Å². The van der Waals surface area contributed by atoms with E-state index >= 15 is 0 Å². The van der Waals surface area contributed by atoms with Gasteiger partial charge >= 0.3 is 0 Å². The highest BCUT2D eigenvalue weighted by atomic mass is 16.3. The van der Waals surface area contributed by atoms with Crippen LogP contribution in [0.5, 0.6) is 0 Å². The predicted molar refractivity (Wildman–Crippen MR) is 93.3 cm³/mol. The second kappa shape index (κ2) is 7.06. The third kappa shape index (κ3) is 4.05. The number of hydrogen-bond donors (Lipinski definition) is 3. The van der Waals surface area contributed by atoms with Crippen molar-refractivity contribution in [3.63, 3.8) is 0 Å². The van der Waals surface area contributed by atoms with E-state index in [1.165, 1.54) is 6.33 Å². The molecular formula is C16H23N7O2. The Kier molecular flexibility index (Phi) is 4.84. The zero-order valence-electron chi connectivity index (χ0n) is 14.4. The van der Waals surface area contributed by atoms with Crippen LogP contribution in [0.25, 0.3) is 0 Å². The molecule has 0 aromatic carbocycles. The molecular weight excluding hydrogens is 322 g/mol. The molecule has 0 radical (unpaired) electrons. The highest BCUT2D eigenvalue weighted by molar-refractivity contribution is 5.75. The maximum Gasteiger partial charge on any atom is 0.240 e. The van der Waals surface area contributed by atoms with Crippen LogP contribution in [0.15, 0.2) is 24.8 Å². The number of rotatable bonds is 6. The van der Waals surface area contributed by atoms with E-state index in [4.69, 9.17) is 0 Å². The van der Waals surface area contributed by atoms with Crippen molar-refractivity contribution in [1.82, 2.24) is 24.8 Å². The molecule has 1 aliphatic heterocycles. The number of amides is 1. The minimum absolute atomic E-state index is 0.146. The predicted octanol–water partition coefficient (Wildman–Crippen LogP) is -0.219. The molecule has 1 aliphatic rings. The van der Waals surface area contributed by atoms with Crippen molar-refractivity contribution < 1.29 is 9.90 Å². The van der Waals surface area contributed by atoms with Crippen molar-refractivity contribution in [3.05, 3.63) is 30.6 Å². The fourth-order valence-electron chi connectivity index (χ4n) is 2.90. The number of carbonyl (C=O) groups is 1. The van der Waals surface area contributed by atoms with Gasteiger partial charge in [0.25, 0.3) is 0 Å². The lowest BCUT2D eigenvalue weighted by molar-refractivity contribution is -0.122. The van der Waals surface area contributed by atoms with Crippen molar-refractivity contribution in [3.8, 4) is 0 Å². The average molecular weight is 345 g/mol. The van der Waals surface area contributed by atoms with Gasteiger partial charge < -0.3 is 25.2 Å². The first-order valence-electron chi connectivity index (χ1n) is 8.21. The summed E-state index contributed by atoms with van der Waals surface area (Å²) in [5.41, 5.74) is -0.968. The Hall–Kier alpha value is -2.68. The molecule has 9 heteroatoms. The third-order valence-corrected chi connectivity index (χ3v) is 4.42. The Balaban J connectivity index is 1.54. The third-order valence-electron chi connectivity index (χ3n) is 4.42. The lowest BCUT2D eigenvalue weighted by Crippen LogP contribution is -2.45. The maximum absolute atomic E-state index is 12.1. The van der Waals surface area contributed by atoms with Crippen molar-refractivity contribution in [2.45, 2.75) is 25.5 Å². The molecule has 25 heavy (non-hydrogen) atoms. The number of aliphatic hydroxyl groups is 1. The number of nitrogens with zero attached hydrogens (tertiary/aromatic N) is 5. The van der Waals surface area contributed by atoms with E-state index in [0.29, 0.717) is 19.5 Å². The highest BCUT2D eigenvalue weighted by Crippen LogP contribution is 2.25. The Bertz CT molecular complexity index is 748. The molecule has 1 atom stereocenters. The molecule has 1 fully saturated rings. The Morgan fingerprint density at radius 3 is 2.96 bits per heavy atom. The number of carbonyl (C=O) groups excluding carboxylic acids is 1. The highest BCUT2D eigenvalue weighted by Gasteiger charge is 2.37. The van der Waals surface area contributed by atoms with Crippen LogP contribution in [-0.2, 0) is 11.3 Å². The summed E-state index contributed by atoms with van der Waals surface area (Å²) in [6, 6.07) is 1.84. The number of hydrogen-bond acceptors (Lipinski definition) is 7. The summed E-state index contributed by atoms with van der Waals surface area (Å²) in [7, 11) is 1.80. The van der Waals surface area contributed by atoms with Gasteiger partial charge in [0.2, 0.25) is 5.91 Å². The second-order valence-electron chi connectivity index (χ2n) is 6.29. The van der Waals surface area contributed by atoms with Crippen LogP contribution in [0, 0.1) is 6.92 Å². The van der Waals surface area contributed by atoms with Gasteiger partial charge in [0.05, 0.1) is 0 Å². The second-order valence-corrected chi connectivity index (χ2v) is 6.29. The molecule has 134 valence electrons. The van der Waals surface area contributed by atoms with Crippen LogP contribution in [0.2, 0.25) is 0 Å². The van der Waals surface area contributed by atoms with Gasteiger partial charge in [0.1, 0.15) is 35.9 Å². The van der Waals surface area contributed by atoms with E-state index in [0.717, 1.165) is 17.5 Å². The van der Waals surface area contributed by atoms with Crippen LogP contribution in [0.1, 0.15) is 12.2 Å². The lowest BCUT2D eigenvalue weighted by Gasteiger charge is -2.24. The van der Waals surface area contributed by atoms with E-state index in [-0.39, 0.29) is 19.0 Å². The van der Waals surface area contributed by atoms with Gasteiger partial charge in [0.15, 0.2) is 0 Å². The molecule has 3 heterocycles. The summed E-state index contributed by atoms with van der Waals surface area (Å²) >= 11 is 0. The Morgan fingerprint density at radius 1 is 1.40 bits per heavy atom. The first kappa shape index (κ1) is 17.2. The molecule has 9 nitrogen and oxygen atoms in total. The summed E-state index contributed by atoms with van der Waals surface area (Å²) in [6.07, 6.45) is 5.48. The molecule has 0 bridgehead atoms. The van der Waals surface area contributed by atoms with Gasteiger partial charge in [-0.3, -0.25) is 4.79 Å². The largest absolute Gasteiger partial charge is 0.386 e. The van der Waals surface area contributed by atoms with Crippen LogP contribution < -0.4 is 15.5 Å². The molecule has 2 aromatic heterocycles. The topological polar surface area (TPSA) is 108 Å². The minimum atomic E-state index is -0.968.